The van der Waals surface area contributed by atoms with Crippen molar-refractivity contribution in [3.05, 3.63) is 58.6 Å². The third-order valence-electron chi connectivity index (χ3n) is 4.30. The standard InChI is InChI=1S/C19H19ClN2O4S2/c1-12-6-7-17(28(2,25)26)15(8-12)19(24)22-11-27-10-16(22)18(23)21-14-5-3-4-13(20)9-14/h3-9,16H,10-11H2,1-2H3,(H,21,23). The lowest BCUT2D eigenvalue weighted by Crippen LogP contribution is -2.44. The monoisotopic (exact) mass is 438 g/mol. The first-order valence-corrected chi connectivity index (χ1v) is 11.8. The molecule has 0 spiro atoms. The van der Waals surface area contributed by atoms with Crippen LogP contribution in [0.25, 0.3) is 0 Å². The summed E-state index contributed by atoms with van der Waals surface area (Å²) in [5.41, 5.74) is 1.39. The Morgan fingerprint density at radius 2 is 1.96 bits per heavy atom. The highest BCUT2D eigenvalue weighted by molar-refractivity contribution is 7.99. The highest BCUT2D eigenvalue weighted by atomic mass is 35.5. The molecule has 1 aliphatic heterocycles. The van der Waals surface area contributed by atoms with Gasteiger partial charge in [0.25, 0.3) is 5.91 Å². The maximum absolute atomic E-state index is 13.1. The van der Waals surface area contributed by atoms with E-state index in [2.05, 4.69) is 5.32 Å². The lowest BCUT2D eigenvalue weighted by molar-refractivity contribution is -0.119. The Labute approximate surface area is 173 Å². The van der Waals surface area contributed by atoms with Gasteiger partial charge in [-0.1, -0.05) is 29.3 Å². The number of aryl methyl sites for hydroxylation is 1. The van der Waals surface area contributed by atoms with E-state index in [1.165, 1.54) is 22.7 Å². The quantitative estimate of drug-likeness (QED) is 0.792. The van der Waals surface area contributed by atoms with Crippen LogP contribution in [0, 0.1) is 6.92 Å². The van der Waals surface area contributed by atoms with Crippen LogP contribution < -0.4 is 5.32 Å². The molecule has 1 unspecified atom stereocenters. The molecule has 1 fully saturated rings. The number of amides is 2. The zero-order chi connectivity index (χ0) is 20.5. The van der Waals surface area contributed by atoms with Crippen molar-refractivity contribution in [2.75, 3.05) is 23.2 Å². The first kappa shape index (κ1) is 20.7. The van der Waals surface area contributed by atoms with Crippen molar-refractivity contribution in [2.24, 2.45) is 0 Å². The van der Waals surface area contributed by atoms with Crippen LogP contribution in [0.4, 0.5) is 5.69 Å². The van der Waals surface area contributed by atoms with Gasteiger partial charge in [-0.25, -0.2) is 8.42 Å². The lowest BCUT2D eigenvalue weighted by atomic mass is 10.1. The van der Waals surface area contributed by atoms with E-state index in [0.717, 1.165) is 11.8 Å². The Morgan fingerprint density at radius 1 is 1.21 bits per heavy atom. The Morgan fingerprint density at radius 3 is 2.64 bits per heavy atom. The summed E-state index contributed by atoms with van der Waals surface area (Å²) in [5, 5.41) is 3.26. The minimum Gasteiger partial charge on any atom is -0.324 e. The molecule has 2 aromatic carbocycles. The summed E-state index contributed by atoms with van der Waals surface area (Å²) in [6, 6.07) is 10.7. The highest BCUT2D eigenvalue weighted by Gasteiger charge is 2.36. The van der Waals surface area contributed by atoms with E-state index in [1.807, 2.05) is 0 Å². The van der Waals surface area contributed by atoms with Gasteiger partial charge >= 0.3 is 0 Å². The van der Waals surface area contributed by atoms with Crippen molar-refractivity contribution in [3.8, 4) is 0 Å². The molecule has 9 heteroatoms. The lowest BCUT2D eigenvalue weighted by Gasteiger charge is -2.24. The average molecular weight is 439 g/mol. The molecule has 2 aromatic rings. The van der Waals surface area contributed by atoms with Crippen molar-refractivity contribution < 1.29 is 18.0 Å². The molecule has 0 radical (unpaired) electrons. The van der Waals surface area contributed by atoms with E-state index in [9.17, 15) is 18.0 Å². The van der Waals surface area contributed by atoms with Gasteiger partial charge in [0, 0.05) is 22.7 Å². The molecule has 1 aliphatic rings. The number of thioether (sulfide) groups is 1. The number of hydrogen-bond donors (Lipinski definition) is 1. The SMILES string of the molecule is Cc1ccc(S(C)(=O)=O)c(C(=O)N2CSCC2C(=O)Nc2cccc(Cl)c2)c1. The fourth-order valence-electron chi connectivity index (χ4n) is 2.94. The number of nitrogens with zero attached hydrogens (tertiary/aromatic N) is 1. The molecule has 6 nitrogen and oxygen atoms in total. The second-order valence-electron chi connectivity index (χ2n) is 6.56. The highest BCUT2D eigenvalue weighted by Crippen LogP contribution is 2.27. The van der Waals surface area contributed by atoms with Crippen LogP contribution in [-0.4, -0.2) is 49.1 Å². The Bertz CT molecular complexity index is 1040. The van der Waals surface area contributed by atoms with Crippen molar-refractivity contribution in [2.45, 2.75) is 17.9 Å². The number of carbonyl (C=O) groups is 2. The van der Waals surface area contributed by atoms with Gasteiger partial charge in [-0.15, -0.1) is 11.8 Å². The number of nitrogens with one attached hydrogen (secondary N) is 1. The van der Waals surface area contributed by atoms with E-state index in [1.54, 1.807) is 43.3 Å². The molecule has 1 atom stereocenters. The van der Waals surface area contributed by atoms with E-state index in [0.29, 0.717) is 22.3 Å². The largest absolute Gasteiger partial charge is 0.324 e. The molecule has 1 heterocycles. The van der Waals surface area contributed by atoms with Gasteiger partial charge in [0.2, 0.25) is 5.91 Å². The van der Waals surface area contributed by atoms with Crippen LogP contribution in [0.2, 0.25) is 5.02 Å². The van der Waals surface area contributed by atoms with Crippen molar-refractivity contribution >= 4 is 50.7 Å². The van der Waals surface area contributed by atoms with Gasteiger partial charge in [0.1, 0.15) is 6.04 Å². The van der Waals surface area contributed by atoms with Crippen LogP contribution in [0.1, 0.15) is 15.9 Å². The van der Waals surface area contributed by atoms with Crippen LogP contribution in [-0.2, 0) is 14.6 Å². The predicted molar refractivity (Wildman–Crippen MR) is 112 cm³/mol. The summed E-state index contributed by atoms with van der Waals surface area (Å²) in [5.74, 6) is -0.0727. The van der Waals surface area contributed by atoms with Crippen molar-refractivity contribution in [1.82, 2.24) is 4.90 Å². The number of hydrogen-bond acceptors (Lipinski definition) is 5. The molecule has 28 heavy (non-hydrogen) atoms. The molecule has 1 saturated heterocycles. The molecule has 148 valence electrons. The van der Waals surface area contributed by atoms with E-state index < -0.39 is 21.8 Å². The molecule has 1 N–H and O–H groups in total. The number of carbonyl (C=O) groups excluding carboxylic acids is 2. The molecular weight excluding hydrogens is 420 g/mol. The van der Waals surface area contributed by atoms with Gasteiger partial charge in [-0.05, 0) is 37.3 Å². The average Bonchev–Trinajstić information content (AvgIpc) is 3.09. The smallest absolute Gasteiger partial charge is 0.256 e. The molecule has 3 rings (SSSR count). The second-order valence-corrected chi connectivity index (χ2v) is 9.98. The van der Waals surface area contributed by atoms with E-state index in [-0.39, 0.29) is 16.4 Å². The summed E-state index contributed by atoms with van der Waals surface area (Å²) in [4.78, 5) is 27.3. The van der Waals surface area contributed by atoms with Gasteiger partial charge in [0.15, 0.2) is 9.84 Å². The molecule has 2 amide bonds. The molecule has 0 saturated carbocycles. The third-order valence-corrected chi connectivity index (χ3v) is 6.71. The van der Waals surface area contributed by atoms with Gasteiger partial charge < -0.3 is 10.2 Å². The molecular formula is C19H19ClN2O4S2. The van der Waals surface area contributed by atoms with Gasteiger partial charge in [-0.2, -0.15) is 0 Å². The van der Waals surface area contributed by atoms with Gasteiger partial charge in [0.05, 0.1) is 16.3 Å². The van der Waals surface area contributed by atoms with Crippen LogP contribution in [0.5, 0.6) is 0 Å². The van der Waals surface area contributed by atoms with Crippen LogP contribution in [0.3, 0.4) is 0 Å². The Hall–Kier alpha value is -2.03. The minimum atomic E-state index is -3.59. The number of anilines is 1. The number of sulfone groups is 1. The summed E-state index contributed by atoms with van der Waals surface area (Å²) in [6.45, 7) is 1.78. The predicted octanol–water partition coefficient (Wildman–Crippen LogP) is 3.21. The number of benzene rings is 2. The summed E-state index contributed by atoms with van der Waals surface area (Å²) >= 11 is 7.39. The van der Waals surface area contributed by atoms with Gasteiger partial charge in [-0.3, -0.25) is 9.59 Å². The topological polar surface area (TPSA) is 83.6 Å². The van der Waals surface area contributed by atoms with Crippen molar-refractivity contribution in [1.29, 1.82) is 0 Å². The maximum Gasteiger partial charge on any atom is 0.256 e. The van der Waals surface area contributed by atoms with Crippen LogP contribution >= 0.6 is 23.4 Å². The first-order valence-electron chi connectivity index (χ1n) is 8.42. The molecule has 0 bridgehead atoms. The Balaban J connectivity index is 1.88. The fourth-order valence-corrected chi connectivity index (χ4v) is 5.15. The minimum absolute atomic E-state index is 0.0333. The molecule has 0 aliphatic carbocycles. The van der Waals surface area contributed by atoms with E-state index >= 15 is 0 Å². The number of halogens is 1. The van der Waals surface area contributed by atoms with Crippen LogP contribution in [0.15, 0.2) is 47.4 Å². The van der Waals surface area contributed by atoms with Crippen molar-refractivity contribution in [3.63, 3.8) is 0 Å². The first-order chi connectivity index (χ1) is 13.2. The third kappa shape index (κ3) is 4.51. The summed E-state index contributed by atoms with van der Waals surface area (Å²) < 4.78 is 24.2. The second kappa shape index (κ2) is 8.14. The van der Waals surface area contributed by atoms with E-state index in [4.69, 9.17) is 11.6 Å². The normalized spacial score (nSPS) is 16.8. The Kier molecular flexibility index (Phi) is 6.02. The summed E-state index contributed by atoms with van der Waals surface area (Å²) in [7, 11) is -3.59. The summed E-state index contributed by atoms with van der Waals surface area (Å²) in [6.07, 6.45) is 1.07. The fraction of sp³-hybridized carbons (Fsp3) is 0.263. The molecule has 0 aromatic heterocycles. The zero-order valence-corrected chi connectivity index (χ0v) is 17.7. The number of rotatable bonds is 4. The maximum atomic E-state index is 13.1. The zero-order valence-electron chi connectivity index (χ0n) is 15.3.